The van der Waals surface area contributed by atoms with Gasteiger partial charge in [-0.15, -0.1) is 0 Å². The molecule has 2 heterocycles. The van der Waals surface area contributed by atoms with Crippen LogP contribution in [0.4, 0.5) is 5.69 Å². The van der Waals surface area contributed by atoms with E-state index in [2.05, 4.69) is 10.1 Å². The summed E-state index contributed by atoms with van der Waals surface area (Å²) in [5.41, 5.74) is -0.301. The van der Waals surface area contributed by atoms with E-state index in [4.69, 9.17) is 0 Å². The molecule has 0 saturated carbocycles. The first-order valence-corrected chi connectivity index (χ1v) is 6.96. The molecule has 2 rings (SSSR count). The van der Waals surface area contributed by atoms with Crippen molar-refractivity contribution in [2.45, 2.75) is 25.2 Å². The second-order valence-corrected chi connectivity index (χ2v) is 4.96. The second-order valence-electron chi connectivity index (χ2n) is 3.90. The largest absolute Gasteiger partial charge is 0.328 e. The summed E-state index contributed by atoms with van der Waals surface area (Å²) in [6, 6.07) is 1.42. The Balaban J connectivity index is 1.97. The summed E-state index contributed by atoms with van der Waals surface area (Å²) in [6.45, 7) is 3.20. The lowest BCUT2D eigenvalue weighted by atomic mass is 10.6. The van der Waals surface area contributed by atoms with Gasteiger partial charge in [0.25, 0.3) is 5.56 Å². The minimum Gasteiger partial charge on any atom is -0.328 e. The normalized spacial score (nSPS) is 10.7. The zero-order valence-electron chi connectivity index (χ0n) is 10.8. The predicted octanol–water partition coefficient (Wildman–Crippen LogP) is 1.16. The van der Waals surface area contributed by atoms with E-state index < -0.39 is 4.92 Å². The first kappa shape index (κ1) is 14.3. The van der Waals surface area contributed by atoms with Crippen molar-refractivity contribution in [1.29, 1.82) is 0 Å². The minimum atomic E-state index is -0.482. The number of aryl methyl sites for hydroxylation is 2. The fourth-order valence-corrected chi connectivity index (χ4v) is 2.54. The number of nitro groups is 1. The highest BCUT2D eigenvalue weighted by atomic mass is 32.2. The summed E-state index contributed by atoms with van der Waals surface area (Å²) in [6.07, 6.45) is 4.30. The Kier molecular flexibility index (Phi) is 4.51. The lowest BCUT2D eigenvalue weighted by Crippen LogP contribution is -2.13. The van der Waals surface area contributed by atoms with E-state index in [1.54, 1.807) is 6.20 Å². The summed E-state index contributed by atoms with van der Waals surface area (Å²) in [5, 5.41) is 15.1. The SMILES string of the molecule is CCn1ccc(=O)nc1SCCn1cc([N+](=O)[O-])cn1. The van der Waals surface area contributed by atoms with E-state index in [0.717, 1.165) is 6.54 Å². The van der Waals surface area contributed by atoms with Gasteiger partial charge in [-0.3, -0.25) is 19.6 Å². The van der Waals surface area contributed by atoms with Gasteiger partial charge in [0.2, 0.25) is 0 Å². The molecule has 0 radical (unpaired) electrons. The molecule has 2 aromatic heterocycles. The van der Waals surface area contributed by atoms with E-state index in [9.17, 15) is 14.9 Å². The average molecular weight is 295 g/mol. The van der Waals surface area contributed by atoms with Gasteiger partial charge < -0.3 is 4.57 Å². The van der Waals surface area contributed by atoms with E-state index in [-0.39, 0.29) is 11.2 Å². The number of thioether (sulfide) groups is 1. The first-order chi connectivity index (χ1) is 9.60. The Bertz CT molecular complexity index is 666. The van der Waals surface area contributed by atoms with E-state index >= 15 is 0 Å². The van der Waals surface area contributed by atoms with Gasteiger partial charge in [0.15, 0.2) is 5.16 Å². The lowest BCUT2D eigenvalue weighted by molar-refractivity contribution is -0.385. The monoisotopic (exact) mass is 295 g/mol. The highest BCUT2D eigenvalue weighted by molar-refractivity contribution is 7.99. The van der Waals surface area contributed by atoms with Gasteiger partial charge in [-0.1, -0.05) is 11.8 Å². The fraction of sp³-hybridized carbons (Fsp3) is 0.364. The fourth-order valence-electron chi connectivity index (χ4n) is 1.57. The van der Waals surface area contributed by atoms with Crippen LogP contribution in [-0.2, 0) is 13.1 Å². The lowest BCUT2D eigenvalue weighted by Gasteiger charge is -2.08. The maximum absolute atomic E-state index is 11.2. The molecular formula is C11H13N5O3S. The van der Waals surface area contributed by atoms with Crippen molar-refractivity contribution in [3.63, 3.8) is 0 Å². The zero-order valence-corrected chi connectivity index (χ0v) is 11.6. The molecule has 20 heavy (non-hydrogen) atoms. The summed E-state index contributed by atoms with van der Waals surface area (Å²) in [7, 11) is 0. The molecule has 0 aliphatic heterocycles. The standard InChI is InChI=1S/C11H13N5O3S/c1-2-14-4-3-10(17)13-11(14)20-6-5-15-8-9(7-12-15)16(18)19/h3-4,7-8H,2,5-6H2,1H3. The van der Waals surface area contributed by atoms with Crippen LogP contribution in [0.3, 0.4) is 0 Å². The van der Waals surface area contributed by atoms with Crippen LogP contribution < -0.4 is 5.56 Å². The molecule has 106 valence electrons. The van der Waals surface area contributed by atoms with E-state index in [1.807, 2.05) is 11.5 Å². The van der Waals surface area contributed by atoms with Gasteiger partial charge in [0.1, 0.15) is 12.4 Å². The molecule has 0 unspecified atom stereocenters. The van der Waals surface area contributed by atoms with Gasteiger partial charge in [0.05, 0.1) is 11.5 Å². The molecule has 0 fully saturated rings. The number of hydrogen-bond acceptors (Lipinski definition) is 6. The quantitative estimate of drug-likeness (QED) is 0.343. The third-order valence-corrected chi connectivity index (χ3v) is 3.54. The molecule has 2 aromatic rings. The Hall–Kier alpha value is -2.16. The van der Waals surface area contributed by atoms with Crippen molar-refractivity contribution in [2.75, 3.05) is 5.75 Å². The molecule has 0 aromatic carbocycles. The Labute approximate surface area is 118 Å². The van der Waals surface area contributed by atoms with Gasteiger partial charge in [-0.25, -0.2) is 0 Å². The third kappa shape index (κ3) is 3.44. The molecule has 8 nitrogen and oxygen atoms in total. The van der Waals surface area contributed by atoms with Gasteiger partial charge >= 0.3 is 5.69 Å². The number of hydrogen-bond donors (Lipinski definition) is 0. The van der Waals surface area contributed by atoms with Crippen LogP contribution in [0.15, 0.2) is 34.6 Å². The summed E-state index contributed by atoms with van der Waals surface area (Å²) in [4.78, 5) is 25.2. The molecule has 0 aliphatic carbocycles. The van der Waals surface area contributed by atoms with E-state index in [0.29, 0.717) is 17.5 Å². The predicted molar refractivity (Wildman–Crippen MR) is 73.8 cm³/mol. The molecule has 0 bridgehead atoms. The molecular weight excluding hydrogens is 282 g/mol. The third-order valence-electron chi connectivity index (χ3n) is 2.57. The van der Waals surface area contributed by atoms with Gasteiger partial charge in [0, 0.05) is 24.6 Å². The number of nitrogens with zero attached hydrogens (tertiary/aromatic N) is 5. The van der Waals surface area contributed by atoms with Gasteiger partial charge in [-0.05, 0) is 6.92 Å². The van der Waals surface area contributed by atoms with Crippen LogP contribution in [0.25, 0.3) is 0 Å². The highest BCUT2D eigenvalue weighted by Crippen LogP contribution is 2.15. The smallest absolute Gasteiger partial charge is 0.306 e. The Morgan fingerprint density at radius 3 is 2.95 bits per heavy atom. The van der Waals surface area contributed by atoms with Crippen LogP contribution in [0.5, 0.6) is 0 Å². The molecule has 0 spiro atoms. The Morgan fingerprint density at radius 1 is 1.50 bits per heavy atom. The summed E-state index contributed by atoms with van der Waals surface area (Å²) < 4.78 is 3.38. The van der Waals surface area contributed by atoms with E-state index in [1.165, 1.54) is 34.9 Å². The van der Waals surface area contributed by atoms with Crippen LogP contribution in [0.1, 0.15) is 6.92 Å². The van der Waals surface area contributed by atoms with Gasteiger partial charge in [-0.2, -0.15) is 10.1 Å². The van der Waals surface area contributed by atoms with Crippen molar-refractivity contribution < 1.29 is 4.92 Å². The molecule has 0 amide bonds. The van der Waals surface area contributed by atoms with Crippen LogP contribution in [-0.4, -0.2) is 30.0 Å². The molecule has 0 N–H and O–H groups in total. The highest BCUT2D eigenvalue weighted by Gasteiger charge is 2.09. The maximum atomic E-state index is 11.2. The maximum Gasteiger partial charge on any atom is 0.306 e. The zero-order chi connectivity index (χ0) is 14.5. The minimum absolute atomic E-state index is 0.0293. The number of rotatable bonds is 6. The Morgan fingerprint density at radius 2 is 2.30 bits per heavy atom. The van der Waals surface area contributed by atoms with Crippen LogP contribution in [0, 0.1) is 10.1 Å². The average Bonchev–Trinajstić information content (AvgIpc) is 2.88. The van der Waals surface area contributed by atoms with Crippen molar-refractivity contribution in [1.82, 2.24) is 19.3 Å². The summed E-state index contributed by atoms with van der Waals surface area (Å²) in [5.74, 6) is 0.620. The molecule has 0 aliphatic rings. The van der Waals surface area contributed by atoms with Crippen molar-refractivity contribution in [3.05, 3.63) is 45.1 Å². The van der Waals surface area contributed by atoms with Crippen LogP contribution in [0.2, 0.25) is 0 Å². The van der Waals surface area contributed by atoms with Crippen molar-refractivity contribution >= 4 is 17.4 Å². The molecule has 9 heteroatoms. The second kappa shape index (κ2) is 6.33. The first-order valence-electron chi connectivity index (χ1n) is 5.97. The molecule has 0 atom stereocenters. The van der Waals surface area contributed by atoms with Crippen molar-refractivity contribution in [3.8, 4) is 0 Å². The molecule has 0 saturated heterocycles. The topological polar surface area (TPSA) is 95.8 Å². The number of aromatic nitrogens is 4. The van der Waals surface area contributed by atoms with Crippen LogP contribution >= 0.6 is 11.8 Å². The van der Waals surface area contributed by atoms with Crippen molar-refractivity contribution in [2.24, 2.45) is 0 Å². The summed E-state index contributed by atoms with van der Waals surface area (Å²) >= 11 is 1.42.